The van der Waals surface area contributed by atoms with Crippen LogP contribution < -0.4 is 10.5 Å². The van der Waals surface area contributed by atoms with Crippen molar-refractivity contribution in [2.24, 2.45) is 0 Å². The van der Waals surface area contributed by atoms with E-state index in [4.69, 9.17) is 15.2 Å². The Balaban J connectivity index is 2.73. The smallest absolute Gasteiger partial charge is 0.428 e. The van der Waals surface area contributed by atoms with Crippen molar-refractivity contribution in [2.45, 2.75) is 26.4 Å². The summed E-state index contributed by atoms with van der Waals surface area (Å²) < 4.78 is 10.6. The fourth-order valence-electron chi connectivity index (χ4n) is 0.874. The highest BCUT2D eigenvalue weighted by Crippen LogP contribution is 2.24. The lowest BCUT2D eigenvalue weighted by molar-refractivity contribution is 0.0207. The number of halogens is 1. The zero-order chi connectivity index (χ0) is 12.3. The molecule has 0 atom stereocenters. The van der Waals surface area contributed by atoms with Gasteiger partial charge in [-0.25, -0.2) is 9.78 Å². The number of rotatable bonds is 1. The quantitative estimate of drug-likeness (QED) is 0.804. The lowest BCUT2D eigenvalue weighted by Crippen LogP contribution is -2.26. The van der Waals surface area contributed by atoms with Crippen molar-refractivity contribution in [3.63, 3.8) is 0 Å². The maximum atomic E-state index is 11.3. The second-order valence-corrected chi connectivity index (χ2v) is 5.02. The molecule has 0 spiro atoms. The van der Waals surface area contributed by atoms with Gasteiger partial charge < -0.3 is 15.2 Å². The van der Waals surface area contributed by atoms with Gasteiger partial charge in [-0.1, -0.05) is 0 Å². The minimum atomic E-state index is -0.806. The molecule has 0 aliphatic heterocycles. The number of ether oxygens (including phenoxy) is 2. The van der Waals surface area contributed by atoms with E-state index in [9.17, 15) is 4.79 Å². The average Bonchev–Trinajstić information content (AvgIpc) is 2.08. The highest BCUT2D eigenvalue weighted by molar-refractivity contribution is 9.10. The van der Waals surface area contributed by atoms with Crippen molar-refractivity contribution in [2.75, 3.05) is 5.73 Å². The highest BCUT2D eigenvalue weighted by Gasteiger charge is 2.19. The van der Waals surface area contributed by atoms with Crippen molar-refractivity contribution in [1.29, 1.82) is 0 Å². The summed E-state index contributed by atoms with van der Waals surface area (Å²) in [4.78, 5) is 15.2. The molecule has 2 N–H and O–H groups in total. The molecule has 0 unspecified atom stereocenters. The number of carbonyl (C=O) groups is 1. The molecule has 1 heterocycles. The van der Waals surface area contributed by atoms with E-state index < -0.39 is 11.8 Å². The monoisotopic (exact) mass is 288 g/mol. The topological polar surface area (TPSA) is 74.4 Å². The van der Waals surface area contributed by atoms with E-state index in [0.717, 1.165) is 0 Å². The maximum Gasteiger partial charge on any atom is 0.514 e. The largest absolute Gasteiger partial charge is 0.514 e. The van der Waals surface area contributed by atoms with Gasteiger partial charge in [0.2, 0.25) is 0 Å². The van der Waals surface area contributed by atoms with E-state index in [1.54, 1.807) is 26.8 Å². The van der Waals surface area contributed by atoms with Crippen molar-refractivity contribution < 1.29 is 14.3 Å². The first-order valence-electron chi connectivity index (χ1n) is 4.60. The van der Waals surface area contributed by atoms with E-state index in [-0.39, 0.29) is 11.6 Å². The third kappa shape index (κ3) is 4.06. The minimum Gasteiger partial charge on any atom is -0.428 e. The standard InChI is InChI=1S/C10H13BrN2O3/c1-10(2,3)16-9(14)15-7-4-6(11)5-13-8(7)12/h4-5H,1-3H3,(H2,12,13). The molecular formula is C10H13BrN2O3. The van der Waals surface area contributed by atoms with Crippen LogP contribution >= 0.6 is 15.9 Å². The molecule has 0 saturated carbocycles. The third-order valence-corrected chi connectivity index (χ3v) is 1.86. The summed E-state index contributed by atoms with van der Waals surface area (Å²) >= 11 is 3.20. The summed E-state index contributed by atoms with van der Waals surface area (Å²) in [6.07, 6.45) is 0.705. The van der Waals surface area contributed by atoms with Crippen LogP contribution in [-0.4, -0.2) is 16.7 Å². The van der Waals surface area contributed by atoms with E-state index in [1.165, 1.54) is 6.20 Å². The molecule has 0 aliphatic carbocycles. The molecule has 1 aromatic rings. The summed E-state index contributed by atoms with van der Waals surface area (Å²) in [7, 11) is 0. The molecule has 5 nitrogen and oxygen atoms in total. The zero-order valence-electron chi connectivity index (χ0n) is 9.28. The van der Waals surface area contributed by atoms with Crippen molar-refractivity contribution >= 4 is 27.9 Å². The first-order valence-corrected chi connectivity index (χ1v) is 5.39. The normalized spacial score (nSPS) is 11.0. The number of pyridine rings is 1. The number of anilines is 1. The zero-order valence-corrected chi connectivity index (χ0v) is 10.9. The van der Waals surface area contributed by atoms with Crippen LogP contribution in [0.5, 0.6) is 5.75 Å². The van der Waals surface area contributed by atoms with Crippen molar-refractivity contribution in [3.8, 4) is 5.75 Å². The van der Waals surface area contributed by atoms with Crippen molar-refractivity contribution in [1.82, 2.24) is 4.98 Å². The van der Waals surface area contributed by atoms with Gasteiger partial charge in [-0.05, 0) is 36.7 Å². The van der Waals surface area contributed by atoms with Gasteiger partial charge in [-0.2, -0.15) is 0 Å². The summed E-state index contributed by atoms with van der Waals surface area (Å²) in [6.45, 7) is 5.24. The van der Waals surface area contributed by atoms with Gasteiger partial charge in [0.15, 0.2) is 11.6 Å². The lowest BCUT2D eigenvalue weighted by atomic mass is 10.2. The van der Waals surface area contributed by atoms with Crippen molar-refractivity contribution in [3.05, 3.63) is 16.7 Å². The van der Waals surface area contributed by atoms with Gasteiger partial charge in [0.1, 0.15) is 5.60 Å². The van der Waals surface area contributed by atoms with Gasteiger partial charge in [-0.15, -0.1) is 0 Å². The Morgan fingerprint density at radius 3 is 2.69 bits per heavy atom. The van der Waals surface area contributed by atoms with Crippen LogP contribution in [-0.2, 0) is 4.74 Å². The Hall–Kier alpha value is -1.30. The third-order valence-electron chi connectivity index (χ3n) is 1.43. The number of nitrogen functional groups attached to an aromatic ring is 1. The number of carbonyl (C=O) groups excluding carboxylic acids is 1. The Labute approximate surface area is 102 Å². The van der Waals surface area contributed by atoms with Crippen LogP contribution in [0.25, 0.3) is 0 Å². The molecule has 6 heteroatoms. The summed E-state index contributed by atoms with van der Waals surface area (Å²) in [6, 6.07) is 1.55. The van der Waals surface area contributed by atoms with Gasteiger partial charge in [0, 0.05) is 16.7 Å². The van der Waals surface area contributed by atoms with Gasteiger partial charge in [0.25, 0.3) is 0 Å². The molecular weight excluding hydrogens is 276 g/mol. The molecule has 1 rings (SSSR count). The number of nitrogens with zero attached hydrogens (tertiary/aromatic N) is 1. The molecule has 0 bridgehead atoms. The first-order chi connectivity index (χ1) is 7.28. The summed E-state index contributed by atoms with van der Waals surface area (Å²) in [5, 5.41) is 0. The first kappa shape index (κ1) is 12.8. The van der Waals surface area contributed by atoms with E-state index in [0.29, 0.717) is 4.47 Å². The molecule has 16 heavy (non-hydrogen) atoms. The number of nitrogens with two attached hydrogens (primary N) is 1. The second-order valence-electron chi connectivity index (χ2n) is 4.10. The Morgan fingerprint density at radius 1 is 1.50 bits per heavy atom. The molecule has 0 amide bonds. The second kappa shape index (κ2) is 4.69. The van der Waals surface area contributed by atoms with Gasteiger partial charge in [0.05, 0.1) is 0 Å². The number of hydrogen-bond donors (Lipinski definition) is 1. The maximum absolute atomic E-state index is 11.3. The molecule has 0 saturated heterocycles. The van der Waals surface area contributed by atoms with Crippen LogP contribution in [0.3, 0.4) is 0 Å². The fraction of sp³-hybridized carbons (Fsp3) is 0.400. The van der Waals surface area contributed by atoms with Crippen LogP contribution in [0.1, 0.15) is 20.8 Å². The van der Waals surface area contributed by atoms with E-state index >= 15 is 0 Å². The SMILES string of the molecule is CC(C)(C)OC(=O)Oc1cc(Br)cnc1N. The minimum absolute atomic E-state index is 0.133. The number of aromatic nitrogens is 1. The predicted molar refractivity (Wildman–Crippen MR) is 63.2 cm³/mol. The van der Waals surface area contributed by atoms with E-state index in [2.05, 4.69) is 20.9 Å². The Kier molecular flexibility index (Phi) is 3.74. The van der Waals surface area contributed by atoms with Crippen LogP contribution in [0.4, 0.5) is 10.6 Å². The molecule has 0 aromatic carbocycles. The molecule has 0 fully saturated rings. The van der Waals surface area contributed by atoms with Gasteiger partial charge in [-0.3, -0.25) is 0 Å². The molecule has 1 aromatic heterocycles. The van der Waals surface area contributed by atoms with E-state index in [1.807, 2.05) is 0 Å². The average molecular weight is 289 g/mol. The highest BCUT2D eigenvalue weighted by atomic mass is 79.9. The predicted octanol–water partition coefficient (Wildman–Crippen LogP) is 2.74. The number of hydrogen-bond acceptors (Lipinski definition) is 5. The van der Waals surface area contributed by atoms with Gasteiger partial charge >= 0.3 is 6.16 Å². The molecule has 0 aliphatic rings. The molecule has 88 valence electrons. The Morgan fingerprint density at radius 2 is 2.12 bits per heavy atom. The summed E-state index contributed by atoms with van der Waals surface area (Å²) in [5.74, 6) is 0.303. The fourth-order valence-corrected chi connectivity index (χ4v) is 1.18. The van der Waals surface area contributed by atoms with Crippen LogP contribution in [0, 0.1) is 0 Å². The Bertz CT molecular complexity index is 402. The van der Waals surface area contributed by atoms with Crippen LogP contribution in [0.15, 0.2) is 16.7 Å². The van der Waals surface area contributed by atoms with Crippen LogP contribution in [0.2, 0.25) is 0 Å². The molecule has 0 radical (unpaired) electrons. The summed E-state index contributed by atoms with van der Waals surface area (Å²) in [5.41, 5.74) is 4.93. The lowest BCUT2D eigenvalue weighted by Gasteiger charge is -2.18.